The molecule has 3 aromatic rings. The van der Waals surface area contributed by atoms with Gasteiger partial charge in [-0.05, 0) is 36.4 Å². The van der Waals surface area contributed by atoms with Crippen molar-refractivity contribution >= 4 is 20.7 Å². The number of aromatic nitrogens is 2. The summed E-state index contributed by atoms with van der Waals surface area (Å²) in [6.07, 6.45) is 0. The van der Waals surface area contributed by atoms with Crippen molar-refractivity contribution in [2.75, 3.05) is 5.75 Å². The van der Waals surface area contributed by atoms with E-state index in [1.54, 1.807) is 19.1 Å². The van der Waals surface area contributed by atoms with E-state index in [-0.39, 0.29) is 27.5 Å². The van der Waals surface area contributed by atoms with Gasteiger partial charge in [0.25, 0.3) is 5.56 Å². The molecule has 1 N–H and O–H groups in total. The number of nitrogens with zero attached hydrogens (tertiary/aromatic N) is 1. The Morgan fingerprint density at radius 2 is 1.83 bits per heavy atom. The summed E-state index contributed by atoms with van der Waals surface area (Å²) in [4.78, 5) is 19.1. The van der Waals surface area contributed by atoms with Crippen LogP contribution in [0.3, 0.4) is 0 Å². The molecule has 23 heavy (non-hydrogen) atoms. The standard InChI is InChI=1S/C16H13FN2O3S/c1-2-23(21,22)12-6-3-10(4-7-12)15-18-14-9-11(17)5-8-13(14)16(20)19-15/h3-9H,2H2,1H3,(H,18,19,20). The number of aromatic amines is 1. The molecule has 118 valence electrons. The lowest BCUT2D eigenvalue weighted by molar-refractivity contribution is 0.597. The average molecular weight is 332 g/mol. The maximum Gasteiger partial charge on any atom is 0.259 e. The van der Waals surface area contributed by atoms with Crippen molar-refractivity contribution in [1.82, 2.24) is 9.97 Å². The molecular formula is C16H13FN2O3S. The highest BCUT2D eigenvalue weighted by molar-refractivity contribution is 7.91. The maximum absolute atomic E-state index is 13.3. The Kier molecular flexibility index (Phi) is 3.73. The van der Waals surface area contributed by atoms with Crippen LogP contribution in [0.2, 0.25) is 0 Å². The Hall–Kier alpha value is -2.54. The third-order valence-corrected chi connectivity index (χ3v) is 5.29. The number of hydrogen-bond donors (Lipinski definition) is 1. The van der Waals surface area contributed by atoms with Crippen LogP contribution in [-0.2, 0) is 9.84 Å². The van der Waals surface area contributed by atoms with E-state index in [0.29, 0.717) is 10.9 Å². The highest BCUT2D eigenvalue weighted by Gasteiger charge is 2.12. The largest absolute Gasteiger partial charge is 0.306 e. The van der Waals surface area contributed by atoms with E-state index >= 15 is 0 Å². The first kappa shape index (κ1) is 15.4. The predicted octanol–water partition coefficient (Wildman–Crippen LogP) is 2.52. The van der Waals surface area contributed by atoms with Crippen LogP contribution in [0.5, 0.6) is 0 Å². The van der Waals surface area contributed by atoms with E-state index in [9.17, 15) is 17.6 Å². The Balaban J connectivity index is 2.12. The van der Waals surface area contributed by atoms with E-state index in [2.05, 4.69) is 9.97 Å². The van der Waals surface area contributed by atoms with E-state index < -0.39 is 15.7 Å². The second-order valence-electron chi connectivity index (χ2n) is 5.00. The van der Waals surface area contributed by atoms with Crippen LogP contribution in [-0.4, -0.2) is 24.1 Å². The lowest BCUT2D eigenvalue weighted by atomic mass is 10.2. The number of benzene rings is 2. The third-order valence-electron chi connectivity index (χ3n) is 3.54. The molecule has 0 saturated carbocycles. The van der Waals surface area contributed by atoms with Crippen LogP contribution < -0.4 is 5.56 Å². The Morgan fingerprint density at radius 3 is 2.48 bits per heavy atom. The van der Waals surface area contributed by atoms with Crippen LogP contribution in [0.15, 0.2) is 52.2 Å². The molecule has 3 rings (SSSR count). The summed E-state index contributed by atoms with van der Waals surface area (Å²) in [6.45, 7) is 1.57. The molecule has 0 radical (unpaired) electrons. The second-order valence-corrected chi connectivity index (χ2v) is 7.28. The fraction of sp³-hybridized carbons (Fsp3) is 0.125. The molecular weight excluding hydrogens is 319 g/mol. The van der Waals surface area contributed by atoms with Gasteiger partial charge in [-0.1, -0.05) is 6.92 Å². The molecule has 0 aliphatic rings. The molecule has 0 saturated heterocycles. The summed E-state index contributed by atoms with van der Waals surface area (Å²) in [5, 5.41) is 0.292. The molecule has 0 aliphatic heterocycles. The molecule has 0 amide bonds. The monoisotopic (exact) mass is 332 g/mol. The summed E-state index contributed by atoms with van der Waals surface area (Å²) in [6, 6.07) is 9.80. The minimum absolute atomic E-state index is 0.0106. The Bertz CT molecular complexity index is 1040. The number of rotatable bonds is 3. The fourth-order valence-electron chi connectivity index (χ4n) is 2.24. The molecule has 0 aliphatic carbocycles. The van der Waals surface area contributed by atoms with E-state index in [1.807, 2.05) is 0 Å². The number of fused-ring (bicyclic) bond motifs is 1. The van der Waals surface area contributed by atoms with Crippen LogP contribution in [0.1, 0.15) is 6.92 Å². The molecule has 0 spiro atoms. The average Bonchev–Trinajstić information content (AvgIpc) is 2.54. The minimum Gasteiger partial charge on any atom is -0.306 e. The molecule has 2 aromatic carbocycles. The first-order valence-corrected chi connectivity index (χ1v) is 8.59. The van der Waals surface area contributed by atoms with Gasteiger partial charge in [0.2, 0.25) is 0 Å². The quantitative estimate of drug-likeness (QED) is 0.799. The van der Waals surface area contributed by atoms with Gasteiger partial charge in [-0.2, -0.15) is 0 Å². The first-order valence-electron chi connectivity index (χ1n) is 6.93. The van der Waals surface area contributed by atoms with Gasteiger partial charge in [-0.3, -0.25) is 4.79 Å². The highest BCUT2D eigenvalue weighted by atomic mass is 32.2. The van der Waals surface area contributed by atoms with Crippen molar-refractivity contribution in [3.05, 3.63) is 58.6 Å². The number of H-pyrrole nitrogens is 1. The molecule has 0 unspecified atom stereocenters. The van der Waals surface area contributed by atoms with Crippen molar-refractivity contribution < 1.29 is 12.8 Å². The minimum atomic E-state index is -3.29. The summed E-state index contributed by atoms with van der Waals surface area (Å²) in [5.74, 6) is -0.212. The predicted molar refractivity (Wildman–Crippen MR) is 85.5 cm³/mol. The zero-order valence-corrected chi connectivity index (χ0v) is 13.0. The van der Waals surface area contributed by atoms with Crippen molar-refractivity contribution in [1.29, 1.82) is 0 Å². The van der Waals surface area contributed by atoms with Gasteiger partial charge in [-0.25, -0.2) is 17.8 Å². The summed E-state index contributed by atoms with van der Waals surface area (Å²) >= 11 is 0. The number of hydrogen-bond acceptors (Lipinski definition) is 4. The lowest BCUT2D eigenvalue weighted by Crippen LogP contribution is -2.10. The summed E-state index contributed by atoms with van der Waals surface area (Å²) in [5.41, 5.74) is 0.410. The van der Waals surface area contributed by atoms with Crippen LogP contribution >= 0.6 is 0 Å². The first-order chi connectivity index (χ1) is 10.9. The van der Waals surface area contributed by atoms with Gasteiger partial charge in [0.15, 0.2) is 9.84 Å². The van der Waals surface area contributed by atoms with E-state index in [4.69, 9.17) is 0 Å². The molecule has 0 atom stereocenters. The fourth-order valence-corrected chi connectivity index (χ4v) is 3.12. The molecule has 0 bridgehead atoms. The summed E-state index contributed by atoms with van der Waals surface area (Å²) < 4.78 is 36.9. The van der Waals surface area contributed by atoms with Crippen LogP contribution in [0.4, 0.5) is 4.39 Å². The zero-order chi connectivity index (χ0) is 16.6. The zero-order valence-electron chi connectivity index (χ0n) is 12.2. The number of halogens is 1. The van der Waals surface area contributed by atoms with E-state index in [0.717, 1.165) is 0 Å². The van der Waals surface area contributed by atoms with Crippen molar-refractivity contribution in [3.63, 3.8) is 0 Å². The molecule has 7 heteroatoms. The molecule has 1 aromatic heterocycles. The van der Waals surface area contributed by atoms with Gasteiger partial charge in [-0.15, -0.1) is 0 Å². The third kappa shape index (κ3) is 2.87. The number of nitrogens with one attached hydrogen (secondary N) is 1. The topological polar surface area (TPSA) is 79.9 Å². The Morgan fingerprint density at radius 1 is 1.13 bits per heavy atom. The van der Waals surface area contributed by atoms with Gasteiger partial charge < -0.3 is 4.98 Å². The smallest absolute Gasteiger partial charge is 0.259 e. The van der Waals surface area contributed by atoms with Gasteiger partial charge >= 0.3 is 0 Å². The van der Waals surface area contributed by atoms with E-state index in [1.165, 1.54) is 30.3 Å². The Labute approximate surface area is 131 Å². The van der Waals surface area contributed by atoms with Gasteiger partial charge in [0.05, 0.1) is 21.6 Å². The molecule has 0 fully saturated rings. The molecule has 5 nitrogen and oxygen atoms in total. The number of sulfone groups is 1. The summed E-state index contributed by atoms with van der Waals surface area (Å²) in [7, 11) is -3.29. The normalized spacial score (nSPS) is 11.7. The molecule has 1 heterocycles. The van der Waals surface area contributed by atoms with Crippen LogP contribution in [0.25, 0.3) is 22.3 Å². The van der Waals surface area contributed by atoms with Crippen molar-refractivity contribution in [2.45, 2.75) is 11.8 Å². The van der Waals surface area contributed by atoms with Crippen LogP contribution in [0, 0.1) is 5.82 Å². The second kappa shape index (κ2) is 5.58. The van der Waals surface area contributed by atoms with Crippen molar-refractivity contribution in [3.8, 4) is 11.4 Å². The lowest BCUT2D eigenvalue weighted by Gasteiger charge is -2.05. The SMILES string of the molecule is CCS(=O)(=O)c1ccc(-c2nc3cc(F)ccc3c(=O)[nH]2)cc1. The van der Waals surface area contributed by atoms with Gasteiger partial charge in [0, 0.05) is 11.6 Å². The maximum atomic E-state index is 13.3. The van der Waals surface area contributed by atoms with Crippen molar-refractivity contribution in [2.24, 2.45) is 0 Å². The highest BCUT2D eigenvalue weighted by Crippen LogP contribution is 2.20. The van der Waals surface area contributed by atoms with Gasteiger partial charge in [0.1, 0.15) is 11.6 Å².